The summed E-state index contributed by atoms with van der Waals surface area (Å²) in [6, 6.07) is 19.1. The zero-order valence-electron chi connectivity index (χ0n) is 39.8. The number of nitro benzene ring substituents is 1. The van der Waals surface area contributed by atoms with Crippen LogP contribution in [0.2, 0.25) is 0 Å². The van der Waals surface area contributed by atoms with E-state index in [1.165, 1.54) is 35.0 Å². The van der Waals surface area contributed by atoms with Crippen LogP contribution in [0.15, 0.2) is 82.7 Å². The Morgan fingerprint density at radius 3 is 2.51 bits per heavy atom. The number of morpholine rings is 1. The lowest BCUT2D eigenvalue weighted by atomic mass is 9.59. The Bertz CT molecular complexity index is 2930. The Labute approximate surface area is 415 Å². The van der Waals surface area contributed by atoms with Crippen molar-refractivity contribution in [3.05, 3.63) is 99.7 Å². The van der Waals surface area contributed by atoms with Gasteiger partial charge >= 0.3 is 6.61 Å². The first-order valence-electron chi connectivity index (χ1n) is 24.3. The normalized spacial score (nSPS) is 23.8. The number of sulfonamides is 1. The number of rotatable bonds is 13. The summed E-state index contributed by atoms with van der Waals surface area (Å²) in [5.41, 5.74) is 2.22. The molecule has 20 heteroatoms. The summed E-state index contributed by atoms with van der Waals surface area (Å²) in [6.07, 6.45) is 8.12. The van der Waals surface area contributed by atoms with Gasteiger partial charge in [0.25, 0.3) is 27.5 Å². The lowest BCUT2D eigenvalue weighted by Gasteiger charge is -2.57. The van der Waals surface area contributed by atoms with Gasteiger partial charge in [0.15, 0.2) is 5.75 Å². The molecule has 2 saturated heterocycles. The molecule has 71 heavy (non-hydrogen) atoms. The minimum absolute atomic E-state index is 0.00194. The SMILES string of the molecule is CC(C)c1ccccc1[C@@H]1COCCN1C1CC2(CCN(c3ccc(C(=O)NS(=O)(=O)c4cc5c(c([N+](=O)[O-])c4)S[C@@H]([C@H]4CC[C@](C)(O)CC4)CO5)c(Oc4cc5cc[nH]c5nc4OC(F)F)c3)CC2)C1. The van der Waals surface area contributed by atoms with Crippen molar-refractivity contribution >= 4 is 50.1 Å². The second-order valence-corrected chi connectivity index (χ2v) is 23.2. The van der Waals surface area contributed by atoms with Crippen LogP contribution in [0, 0.1) is 21.4 Å². The average Bonchev–Trinajstić information content (AvgIpc) is 3.79. The molecule has 5 aliphatic rings. The number of aromatic amines is 1. The maximum atomic E-state index is 14.2. The molecular weight excluding hydrogens is 959 g/mol. The van der Waals surface area contributed by atoms with Crippen LogP contribution < -0.4 is 23.8 Å². The lowest BCUT2D eigenvalue weighted by Crippen LogP contribution is -2.58. The second-order valence-electron chi connectivity index (χ2n) is 20.3. The van der Waals surface area contributed by atoms with Crippen molar-refractivity contribution in [2.75, 3.05) is 44.4 Å². The molecule has 378 valence electrons. The molecule has 4 fully saturated rings. The highest BCUT2D eigenvalue weighted by molar-refractivity contribution is 8.00. The van der Waals surface area contributed by atoms with Crippen LogP contribution in [0.1, 0.15) is 106 Å². The highest BCUT2D eigenvalue weighted by atomic mass is 32.2. The maximum absolute atomic E-state index is 14.2. The molecule has 0 unspecified atom stereocenters. The van der Waals surface area contributed by atoms with Crippen molar-refractivity contribution in [3.8, 4) is 23.1 Å². The third kappa shape index (κ3) is 10.1. The largest absolute Gasteiger partial charge is 0.491 e. The molecule has 3 N–H and O–H groups in total. The average molecular weight is 1020 g/mol. The smallest absolute Gasteiger partial charge is 0.388 e. The Kier molecular flexibility index (Phi) is 13.5. The quantitative estimate of drug-likeness (QED) is 0.0744. The maximum Gasteiger partial charge on any atom is 0.388 e. The van der Waals surface area contributed by atoms with E-state index >= 15 is 0 Å². The number of pyridine rings is 1. The number of amides is 1. The summed E-state index contributed by atoms with van der Waals surface area (Å²) in [5.74, 6) is -1.59. The van der Waals surface area contributed by atoms with Gasteiger partial charge in [0.05, 0.1) is 40.2 Å². The second kappa shape index (κ2) is 19.5. The number of benzene rings is 3. The highest BCUT2D eigenvalue weighted by Crippen LogP contribution is 2.54. The third-order valence-electron chi connectivity index (χ3n) is 15.3. The van der Waals surface area contributed by atoms with E-state index in [1.54, 1.807) is 31.3 Å². The summed E-state index contributed by atoms with van der Waals surface area (Å²) in [7, 11) is -4.80. The van der Waals surface area contributed by atoms with Crippen molar-refractivity contribution < 1.29 is 51.0 Å². The van der Waals surface area contributed by atoms with Gasteiger partial charge in [0, 0.05) is 66.4 Å². The van der Waals surface area contributed by atoms with Crippen LogP contribution >= 0.6 is 11.8 Å². The molecule has 0 bridgehead atoms. The fourth-order valence-corrected chi connectivity index (χ4v) is 13.7. The van der Waals surface area contributed by atoms with Crippen molar-refractivity contribution in [3.63, 3.8) is 0 Å². The van der Waals surface area contributed by atoms with E-state index in [0.29, 0.717) is 75.0 Å². The van der Waals surface area contributed by atoms with Crippen molar-refractivity contribution in [2.24, 2.45) is 11.3 Å². The molecule has 2 aliphatic carbocycles. The van der Waals surface area contributed by atoms with Crippen LogP contribution in [-0.4, -0.2) is 102 Å². The number of alkyl halides is 2. The first-order chi connectivity index (χ1) is 33.9. The van der Waals surface area contributed by atoms with Gasteiger partial charge in [-0.25, -0.2) is 13.1 Å². The molecule has 1 spiro atoms. The van der Waals surface area contributed by atoms with E-state index < -0.39 is 49.5 Å². The zero-order valence-corrected chi connectivity index (χ0v) is 41.4. The van der Waals surface area contributed by atoms with E-state index in [4.69, 9.17) is 18.9 Å². The molecule has 0 radical (unpaired) electrons. The zero-order chi connectivity index (χ0) is 49.8. The Hall–Kier alpha value is -5.54. The fourth-order valence-electron chi connectivity index (χ4n) is 11.3. The van der Waals surface area contributed by atoms with Gasteiger partial charge in [0.2, 0.25) is 0 Å². The van der Waals surface area contributed by atoms with Gasteiger partial charge in [-0.1, -0.05) is 38.1 Å². The van der Waals surface area contributed by atoms with Crippen LogP contribution in [-0.2, 0) is 14.8 Å². The van der Waals surface area contributed by atoms with E-state index in [-0.39, 0.29) is 62.6 Å². The number of fused-ring (bicyclic) bond motifs is 2. The number of H-pyrrole nitrogens is 1. The Morgan fingerprint density at radius 2 is 1.77 bits per heavy atom. The topological polar surface area (TPSA) is 199 Å². The first kappa shape index (κ1) is 49.1. The number of carbonyl (C=O) groups is 1. The molecule has 10 rings (SSSR count). The summed E-state index contributed by atoms with van der Waals surface area (Å²) >= 11 is 1.26. The molecular formula is C51H58F2N6O10S2. The lowest BCUT2D eigenvalue weighted by molar-refractivity contribution is -0.388. The van der Waals surface area contributed by atoms with Gasteiger partial charge in [-0.3, -0.25) is 19.8 Å². The number of hydrogen-bond donors (Lipinski definition) is 3. The van der Waals surface area contributed by atoms with Gasteiger partial charge in [-0.15, -0.1) is 11.8 Å². The summed E-state index contributed by atoms with van der Waals surface area (Å²) < 4.78 is 80.8. The molecule has 16 nitrogen and oxygen atoms in total. The number of ether oxygens (including phenoxy) is 4. The number of carbonyl (C=O) groups excluding carboxylic acids is 1. The van der Waals surface area contributed by atoms with Gasteiger partial charge in [0.1, 0.15) is 28.6 Å². The number of nitrogens with zero attached hydrogens (tertiary/aromatic N) is 4. The predicted molar refractivity (Wildman–Crippen MR) is 262 cm³/mol. The number of nitro groups is 1. The Morgan fingerprint density at radius 1 is 1.01 bits per heavy atom. The van der Waals surface area contributed by atoms with Gasteiger partial charge in [-0.05, 0) is 111 Å². The first-order valence-corrected chi connectivity index (χ1v) is 26.6. The van der Waals surface area contributed by atoms with Crippen molar-refractivity contribution in [1.82, 2.24) is 19.6 Å². The minimum Gasteiger partial charge on any atom is -0.491 e. The number of piperidine rings is 1. The number of anilines is 1. The predicted octanol–water partition coefficient (Wildman–Crippen LogP) is 9.72. The molecule has 5 aromatic rings. The van der Waals surface area contributed by atoms with Crippen LogP contribution in [0.25, 0.3) is 11.0 Å². The number of aromatic nitrogens is 2. The summed E-state index contributed by atoms with van der Waals surface area (Å²) in [6.45, 7) is 6.76. The number of hydrogen-bond acceptors (Lipinski definition) is 14. The van der Waals surface area contributed by atoms with Crippen molar-refractivity contribution in [2.45, 2.75) is 117 Å². The highest BCUT2D eigenvalue weighted by Gasteiger charge is 2.50. The number of halogens is 2. The molecule has 5 heterocycles. The number of thioether (sulfide) groups is 1. The van der Waals surface area contributed by atoms with E-state index in [2.05, 4.69) is 62.6 Å². The number of nitrogens with one attached hydrogen (secondary N) is 2. The molecule has 2 saturated carbocycles. The molecule has 2 atom stereocenters. The van der Waals surface area contributed by atoms with E-state index in [1.807, 2.05) is 0 Å². The monoisotopic (exact) mass is 1020 g/mol. The van der Waals surface area contributed by atoms with E-state index in [0.717, 1.165) is 44.4 Å². The summed E-state index contributed by atoms with van der Waals surface area (Å²) in [4.78, 5) is 37.5. The summed E-state index contributed by atoms with van der Waals surface area (Å²) in [5, 5.41) is 23.3. The molecule has 1 amide bonds. The van der Waals surface area contributed by atoms with E-state index in [9.17, 15) is 37.2 Å². The van der Waals surface area contributed by atoms with Gasteiger partial charge in [-0.2, -0.15) is 13.8 Å². The van der Waals surface area contributed by atoms with Gasteiger partial charge < -0.3 is 33.9 Å². The molecule has 3 aliphatic heterocycles. The molecule has 2 aromatic heterocycles. The Balaban J connectivity index is 0.889. The number of aliphatic hydroxyl groups is 1. The van der Waals surface area contributed by atoms with Crippen LogP contribution in [0.4, 0.5) is 20.2 Å². The van der Waals surface area contributed by atoms with Crippen LogP contribution in [0.5, 0.6) is 23.1 Å². The van der Waals surface area contributed by atoms with Crippen LogP contribution in [0.3, 0.4) is 0 Å². The van der Waals surface area contributed by atoms with Crippen molar-refractivity contribution in [1.29, 1.82) is 0 Å². The minimum atomic E-state index is -4.80. The third-order valence-corrected chi connectivity index (χ3v) is 18.1. The standard InChI is InChI=1S/C51H58F2N6O10S2/c1-30(2)36-6-4-5-7-37(36)40-28-66-21-20-58(40)34-26-51(27-34)15-18-57(19-16-51)33-8-9-38(41(23-33)68-43-22-32-12-17-54-46(32)55-48(43)69-49(52)53)47(60)56-71(64,65)35-24-39(59(62)63)45-42(25-35)67-29-44(70-45)31-10-13-50(3,61)14-11-31/h4-9,12,17,22-25,30-31,34,40,44,49,61H,10-11,13-16,18-21,26-29H2,1-3H3,(H,54,55)(H,56,60)/t31-,40-,44+,50-/m0/s1. The fraction of sp³-hybridized carbons (Fsp3) is 0.490. The molecule has 3 aromatic carbocycles.